The van der Waals surface area contributed by atoms with Crippen molar-refractivity contribution in [3.8, 4) is 0 Å². The molecule has 0 unspecified atom stereocenters. The molecule has 0 radical (unpaired) electrons. The van der Waals surface area contributed by atoms with Crippen molar-refractivity contribution in [2.24, 2.45) is 0 Å². The molecule has 0 amide bonds. The molecule has 1 aromatic carbocycles. The lowest BCUT2D eigenvalue weighted by molar-refractivity contribution is -0.645. The van der Waals surface area contributed by atoms with Crippen LogP contribution in [-0.2, 0) is 11.2 Å². The molecule has 0 atom stereocenters. The van der Waals surface area contributed by atoms with Crippen LogP contribution in [0.5, 0.6) is 0 Å². The van der Waals surface area contributed by atoms with Gasteiger partial charge < -0.3 is 5.21 Å². The summed E-state index contributed by atoms with van der Waals surface area (Å²) in [5, 5.41) is 12.3. The number of aromatic nitrogens is 1. The van der Waals surface area contributed by atoms with Gasteiger partial charge in [-0.3, -0.25) is 0 Å². The number of pyridine rings is 1. The van der Waals surface area contributed by atoms with E-state index in [-0.39, 0.29) is 5.41 Å². The Kier molecular flexibility index (Phi) is 4.71. The molecule has 0 spiro atoms. The maximum Gasteiger partial charge on any atom is 0.251 e. The molecule has 2 rings (SSSR count). The van der Waals surface area contributed by atoms with Crippen LogP contribution >= 0.6 is 11.8 Å². The normalized spacial score (nSPS) is 11.6. The number of hydrogen-bond donors (Lipinski definition) is 0. The fourth-order valence-corrected chi connectivity index (χ4v) is 2.81. The van der Waals surface area contributed by atoms with Crippen LogP contribution in [0, 0.1) is 5.21 Å². The minimum atomic E-state index is 0.225. The zero-order chi connectivity index (χ0) is 14.6. The molecule has 0 saturated heterocycles. The van der Waals surface area contributed by atoms with Gasteiger partial charge in [0.1, 0.15) is 0 Å². The van der Waals surface area contributed by atoms with Crippen LogP contribution in [0.15, 0.2) is 53.7 Å². The largest absolute Gasteiger partial charge is 0.618 e. The summed E-state index contributed by atoms with van der Waals surface area (Å²) in [7, 11) is 0. The summed E-state index contributed by atoms with van der Waals surface area (Å²) in [4.78, 5) is 0. The van der Waals surface area contributed by atoms with Gasteiger partial charge >= 0.3 is 0 Å². The van der Waals surface area contributed by atoms with Crippen LogP contribution < -0.4 is 4.73 Å². The summed E-state index contributed by atoms with van der Waals surface area (Å²) >= 11 is 1.57. The lowest BCUT2D eigenvalue weighted by Crippen LogP contribution is -2.27. The van der Waals surface area contributed by atoms with Crippen molar-refractivity contribution >= 4 is 11.8 Å². The zero-order valence-electron chi connectivity index (χ0n) is 12.3. The van der Waals surface area contributed by atoms with Gasteiger partial charge in [-0.05, 0) is 29.0 Å². The smallest absolute Gasteiger partial charge is 0.251 e. The Morgan fingerprint density at radius 3 is 2.40 bits per heavy atom. The van der Waals surface area contributed by atoms with Gasteiger partial charge in [0.05, 0.1) is 0 Å². The minimum Gasteiger partial charge on any atom is -0.618 e. The van der Waals surface area contributed by atoms with E-state index >= 15 is 0 Å². The van der Waals surface area contributed by atoms with E-state index in [2.05, 4.69) is 45.0 Å². The Hall–Kier alpha value is -1.48. The Morgan fingerprint density at radius 2 is 1.80 bits per heavy atom. The molecule has 2 aromatic rings. The summed E-state index contributed by atoms with van der Waals surface area (Å²) < 4.78 is 0.916. The lowest BCUT2D eigenvalue weighted by atomic mass is 9.82. The van der Waals surface area contributed by atoms with E-state index in [1.165, 1.54) is 17.3 Å². The Morgan fingerprint density at radius 1 is 1.10 bits per heavy atom. The SMILES string of the molecule is CCC(C)(C)c1ccc(CSc2cccc[n+]2[O-])cc1. The number of nitrogens with zero attached hydrogens (tertiary/aromatic N) is 1. The maximum absolute atomic E-state index is 11.6. The Labute approximate surface area is 125 Å². The molecule has 0 fully saturated rings. The third-order valence-electron chi connectivity index (χ3n) is 3.79. The second kappa shape index (κ2) is 6.31. The van der Waals surface area contributed by atoms with Crippen molar-refractivity contribution < 1.29 is 4.73 Å². The Bertz CT molecular complexity index is 563. The fourth-order valence-electron chi connectivity index (χ4n) is 1.94. The zero-order valence-corrected chi connectivity index (χ0v) is 13.1. The molecule has 0 saturated carbocycles. The summed E-state index contributed by atoms with van der Waals surface area (Å²) in [5.41, 5.74) is 2.84. The second-order valence-corrected chi connectivity index (χ2v) is 6.58. The van der Waals surface area contributed by atoms with Crippen molar-refractivity contribution in [3.63, 3.8) is 0 Å². The molecular formula is C17H21NOS. The molecular weight excluding hydrogens is 266 g/mol. The first-order valence-corrected chi connectivity index (χ1v) is 7.92. The highest BCUT2D eigenvalue weighted by Gasteiger charge is 2.17. The Balaban J connectivity index is 2.03. The first kappa shape index (κ1) is 14.9. The van der Waals surface area contributed by atoms with Gasteiger partial charge in [-0.2, -0.15) is 4.73 Å². The minimum absolute atomic E-state index is 0.225. The summed E-state index contributed by atoms with van der Waals surface area (Å²) in [5.74, 6) is 0.819. The van der Waals surface area contributed by atoms with Gasteiger partial charge in [-0.1, -0.05) is 56.8 Å². The summed E-state index contributed by atoms with van der Waals surface area (Å²) in [6, 6.07) is 14.2. The molecule has 20 heavy (non-hydrogen) atoms. The molecule has 1 aromatic heterocycles. The molecule has 0 bridgehead atoms. The lowest BCUT2D eigenvalue weighted by Gasteiger charge is -2.23. The van der Waals surface area contributed by atoms with Crippen LogP contribution in [-0.4, -0.2) is 0 Å². The van der Waals surface area contributed by atoms with E-state index < -0.39 is 0 Å². The van der Waals surface area contributed by atoms with Gasteiger partial charge in [0.25, 0.3) is 5.03 Å². The van der Waals surface area contributed by atoms with Gasteiger partial charge in [0, 0.05) is 17.9 Å². The number of rotatable bonds is 5. The highest BCUT2D eigenvalue weighted by Crippen LogP contribution is 2.27. The van der Waals surface area contributed by atoms with E-state index in [4.69, 9.17) is 0 Å². The molecule has 0 aliphatic heterocycles. The van der Waals surface area contributed by atoms with Crippen molar-refractivity contribution in [2.75, 3.05) is 0 Å². The van der Waals surface area contributed by atoms with E-state index in [1.54, 1.807) is 17.8 Å². The van der Waals surface area contributed by atoms with Gasteiger partial charge in [0.2, 0.25) is 0 Å². The first-order valence-electron chi connectivity index (χ1n) is 6.93. The van der Waals surface area contributed by atoms with Crippen molar-refractivity contribution in [1.29, 1.82) is 0 Å². The van der Waals surface area contributed by atoms with Crippen molar-refractivity contribution in [2.45, 2.75) is 43.4 Å². The van der Waals surface area contributed by atoms with E-state index in [1.807, 2.05) is 12.1 Å². The molecule has 2 nitrogen and oxygen atoms in total. The monoisotopic (exact) mass is 287 g/mol. The average Bonchev–Trinajstić information content (AvgIpc) is 2.47. The topological polar surface area (TPSA) is 26.9 Å². The summed E-state index contributed by atoms with van der Waals surface area (Å²) in [6.07, 6.45) is 2.66. The van der Waals surface area contributed by atoms with Gasteiger partial charge in [-0.15, -0.1) is 0 Å². The molecule has 3 heteroatoms. The van der Waals surface area contributed by atoms with Crippen LogP contribution in [0.25, 0.3) is 0 Å². The third-order valence-corrected chi connectivity index (χ3v) is 4.88. The predicted octanol–water partition coefficient (Wildman–Crippen LogP) is 4.30. The third kappa shape index (κ3) is 3.54. The van der Waals surface area contributed by atoms with E-state index in [0.29, 0.717) is 0 Å². The van der Waals surface area contributed by atoms with E-state index in [0.717, 1.165) is 21.9 Å². The second-order valence-electron chi connectivity index (χ2n) is 5.59. The number of benzene rings is 1. The van der Waals surface area contributed by atoms with Crippen molar-refractivity contribution in [1.82, 2.24) is 0 Å². The van der Waals surface area contributed by atoms with Crippen molar-refractivity contribution in [3.05, 3.63) is 65.0 Å². The maximum atomic E-state index is 11.6. The molecule has 106 valence electrons. The molecule has 1 heterocycles. The summed E-state index contributed by atoms with van der Waals surface area (Å²) in [6.45, 7) is 6.74. The average molecular weight is 287 g/mol. The van der Waals surface area contributed by atoms with E-state index in [9.17, 15) is 5.21 Å². The first-order chi connectivity index (χ1) is 9.53. The number of hydrogen-bond acceptors (Lipinski definition) is 2. The standard InChI is InChI=1S/C17H21NOS/c1-4-17(2,3)15-10-8-14(9-11-15)13-20-16-7-5-6-12-18(16)19/h5-12H,4,13H2,1-3H3. The highest BCUT2D eigenvalue weighted by molar-refractivity contribution is 7.98. The van der Waals surface area contributed by atoms with Crippen LogP contribution in [0.3, 0.4) is 0 Å². The predicted molar refractivity (Wildman–Crippen MR) is 84.7 cm³/mol. The highest BCUT2D eigenvalue weighted by atomic mass is 32.2. The van der Waals surface area contributed by atoms with Gasteiger partial charge in [0.15, 0.2) is 6.20 Å². The van der Waals surface area contributed by atoms with Crippen LogP contribution in [0.1, 0.15) is 38.3 Å². The fraction of sp³-hybridized carbons (Fsp3) is 0.353. The molecule has 0 N–H and O–H groups in total. The number of thioether (sulfide) groups is 1. The van der Waals surface area contributed by atoms with Gasteiger partial charge in [-0.25, -0.2) is 0 Å². The van der Waals surface area contributed by atoms with Crippen LogP contribution in [0.4, 0.5) is 0 Å². The van der Waals surface area contributed by atoms with Crippen LogP contribution in [0.2, 0.25) is 0 Å². The molecule has 0 aliphatic rings. The quantitative estimate of drug-likeness (QED) is 0.466. The molecule has 0 aliphatic carbocycles.